The minimum absolute atomic E-state index is 0.745. The van der Waals surface area contributed by atoms with Crippen molar-refractivity contribution in [2.45, 2.75) is 77.6 Å². The van der Waals surface area contributed by atoms with Crippen molar-refractivity contribution in [3.63, 3.8) is 0 Å². The number of hydrogen-bond donors (Lipinski definition) is 0. The highest BCUT2D eigenvalue weighted by Gasteiger charge is 2.10. The molecule has 101 valence electrons. The molecule has 1 aromatic carbocycles. The maximum Gasteiger partial charge on any atom is -0.0146 e. The van der Waals surface area contributed by atoms with Crippen molar-refractivity contribution >= 4 is 0 Å². The van der Waals surface area contributed by atoms with Gasteiger partial charge in [-0.1, -0.05) is 83.1 Å². The number of unbranched alkanes of at least 4 members (excludes halogenated alkanes) is 5. The fraction of sp³-hybridized carbons (Fsp3) is 0.667. The van der Waals surface area contributed by atoms with Crippen LogP contribution in [0.15, 0.2) is 24.3 Å². The average molecular weight is 245 g/mol. The van der Waals surface area contributed by atoms with Gasteiger partial charge in [0, 0.05) is 0 Å². The topological polar surface area (TPSA) is 0 Å². The molecule has 0 heterocycles. The van der Waals surface area contributed by atoms with Crippen LogP contribution >= 0.6 is 0 Å². The normalized spacial score (nSPS) is 12.6. The zero-order chi connectivity index (χ0) is 13.1. The van der Waals surface area contributed by atoms with E-state index in [1.165, 1.54) is 63.4 Å². The minimum atomic E-state index is 0.745. The number of benzene rings is 1. The Labute approximate surface area is 114 Å². The van der Waals surface area contributed by atoms with Crippen molar-refractivity contribution in [2.75, 3.05) is 0 Å². The van der Waals surface area contributed by atoms with Crippen molar-refractivity contribution in [1.82, 2.24) is 0 Å². The summed E-state index contributed by atoms with van der Waals surface area (Å²) in [6.45, 7) is 4.56. The first kappa shape index (κ1) is 15.3. The lowest BCUT2D eigenvalue weighted by atomic mass is 9.88. The number of hydrogen-bond acceptors (Lipinski definition) is 0. The lowest BCUT2D eigenvalue weighted by Crippen LogP contribution is -1.99. The molecule has 0 fully saturated rings. The summed E-state index contributed by atoms with van der Waals surface area (Å²) in [5.41, 5.74) is 1.44. The highest BCUT2D eigenvalue weighted by molar-refractivity contribution is 5.17. The molecule has 1 atom stereocenters. The SMILES string of the molecule is CCCCCCC(CCCCC)c1[c]cccc1. The summed E-state index contributed by atoms with van der Waals surface area (Å²) in [4.78, 5) is 0. The molecule has 0 aromatic heterocycles. The molecule has 0 heteroatoms. The molecule has 0 spiro atoms. The van der Waals surface area contributed by atoms with E-state index in [4.69, 9.17) is 0 Å². The molecule has 0 nitrogen and oxygen atoms in total. The van der Waals surface area contributed by atoms with Gasteiger partial charge in [0.15, 0.2) is 0 Å². The summed E-state index contributed by atoms with van der Waals surface area (Å²) in [6, 6.07) is 12.0. The lowest BCUT2D eigenvalue weighted by molar-refractivity contribution is 0.501. The van der Waals surface area contributed by atoms with Gasteiger partial charge in [-0.15, -0.1) is 0 Å². The van der Waals surface area contributed by atoms with E-state index in [0.717, 1.165) is 5.92 Å². The number of rotatable bonds is 10. The second kappa shape index (κ2) is 10.2. The molecule has 0 saturated carbocycles. The summed E-state index contributed by atoms with van der Waals surface area (Å²) in [5, 5.41) is 0. The van der Waals surface area contributed by atoms with Gasteiger partial charge in [0.25, 0.3) is 0 Å². The molecule has 0 amide bonds. The van der Waals surface area contributed by atoms with Crippen LogP contribution in [0.5, 0.6) is 0 Å². The molecule has 0 N–H and O–H groups in total. The lowest BCUT2D eigenvalue weighted by Gasteiger charge is -2.17. The van der Waals surface area contributed by atoms with Crippen molar-refractivity contribution < 1.29 is 0 Å². The Hall–Kier alpha value is -0.780. The molecule has 1 radical (unpaired) electrons. The predicted octanol–water partition coefficient (Wildman–Crippen LogP) is 6.12. The maximum absolute atomic E-state index is 3.44. The van der Waals surface area contributed by atoms with Crippen molar-refractivity contribution in [3.8, 4) is 0 Å². The third-order valence-corrected chi connectivity index (χ3v) is 3.74. The summed E-state index contributed by atoms with van der Waals surface area (Å²) in [5.74, 6) is 0.745. The molecule has 1 unspecified atom stereocenters. The van der Waals surface area contributed by atoms with Crippen LogP contribution in [-0.2, 0) is 0 Å². The van der Waals surface area contributed by atoms with Crippen LogP contribution in [0, 0.1) is 6.07 Å². The second-order valence-corrected chi connectivity index (χ2v) is 5.36. The third kappa shape index (κ3) is 6.23. The predicted molar refractivity (Wildman–Crippen MR) is 80.9 cm³/mol. The third-order valence-electron chi connectivity index (χ3n) is 3.74. The van der Waals surface area contributed by atoms with Crippen LogP contribution in [0.4, 0.5) is 0 Å². The molecule has 1 aromatic rings. The van der Waals surface area contributed by atoms with E-state index in [9.17, 15) is 0 Å². The Kier molecular flexibility index (Phi) is 8.63. The van der Waals surface area contributed by atoms with Gasteiger partial charge < -0.3 is 0 Å². The summed E-state index contributed by atoms with van der Waals surface area (Å²) in [6.07, 6.45) is 12.3. The first-order chi connectivity index (χ1) is 8.88. The van der Waals surface area contributed by atoms with E-state index >= 15 is 0 Å². The highest BCUT2D eigenvalue weighted by atomic mass is 14.1. The van der Waals surface area contributed by atoms with Crippen LogP contribution in [0.1, 0.15) is 83.1 Å². The van der Waals surface area contributed by atoms with Crippen LogP contribution in [0.3, 0.4) is 0 Å². The second-order valence-electron chi connectivity index (χ2n) is 5.36. The first-order valence-electron chi connectivity index (χ1n) is 7.85. The Morgan fingerprint density at radius 1 is 0.889 bits per heavy atom. The molecular weight excluding hydrogens is 216 g/mol. The molecule has 0 aliphatic rings. The molecule has 0 saturated heterocycles. The summed E-state index contributed by atoms with van der Waals surface area (Å²) in [7, 11) is 0. The van der Waals surface area contributed by atoms with Crippen molar-refractivity contribution in [1.29, 1.82) is 0 Å². The highest BCUT2D eigenvalue weighted by Crippen LogP contribution is 2.27. The van der Waals surface area contributed by atoms with Gasteiger partial charge in [0.05, 0.1) is 0 Å². The van der Waals surface area contributed by atoms with E-state index in [1.807, 2.05) is 0 Å². The molecule has 1 rings (SSSR count). The van der Waals surface area contributed by atoms with Gasteiger partial charge in [0.1, 0.15) is 0 Å². The van der Waals surface area contributed by atoms with E-state index in [2.05, 4.69) is 44.2 Å². The quantitative estimate of drug-likeness (QED) is 0.435. The Morgan fingerprint density at radius 3 is 2.17 bits per heavy atom. The van der Waals surface area contributed by atoms with Crippen LogP contribution in [0.2, 0.25) is 0 Å². The monoisotopic (exact) mass is 245 g/mol. The van der Waals surface area contributed by atoms with E-state index in [-0.39, 0.29) is 0 Å². The Balaban J connectivity index is 2.42. The van der Waals surface area contributed by atoms with Crippen molar-refractivity contribution in [2.24, 2.45) is 0 Å². The maximum atomic E-state index is 3.44. The first-order valence-corrected chi connectivity index (χ1v) is 7.85. The molecular formula is C18H29. The van der Waals surface area contributed by atoms with E-state index in [0.29, 0.717) is 0 Å². The zero-order valence-corrected chi connectivity index (χ0v) is 12.3. The van der Waals surface area contributed by atoms with Crippen LogP contribution in [-0.4, -0.2) is 0 Å². The fourth-order valence-corrected chi connectivity index (χ4v) is 2.57. The van der Waals surface area contributed by atoms with Gasteiger partial charge in [0.2, 0.25) is 0 Å². The Bertz CT molecular complexity index is 275. The molecule has 0 aliphatic heterocycles. The largest absolute Gasteiger partial charge is 0.0654 e. The van der Waals surface area contributed by atoms with E-state index < -0.39 is 0 Å². The van der Waals surface area contributed by atoms with Gasteiger partial charge in [-0.25, -0.2) is 0 Å². The van der Waals surface area contributed by atoms with Gasteiger partial charge in [-0.2, -0.15) is 0 Å². The average Bonchev–Trinajstić information content (AvgIpc) is 2.42. The van der Waals surface area contributed by atoms with Gasteiger partial charge in [-0.3, -0.25) is 0 Å². The van der Waals surface area contributed by atoms with Crippen LogP contribution < -0.4 is 0 Å². The van der Waals surface area contributed by atoms with Gasteiger partial charge in [-0.05, 0) is 30.4 Å². The van der Waals surface area contributed by atoms with Crippen LogP contribution in [0.25, 0.3) is 0 Å². The molecule has 0 bridgehead atoms. The minimum Gasteiger partial charge on any atom is -0.0654 e. The smallest absolute Gasteiger partial charge is 0.0146 e. The van der Waals surface area contributed by atoms with Gasteiger partial charge >= 0.3 is 0 Å². The fourth-order valence-electron chi connectivity index (χ4n) is 2.57. The zero-order valence-electron chi connectivity index (χ0n) is 12.3. The molecule has 18 heavy (non-hydrogen) atoms. The standard InChI is InChI=1S/C18H29/c1-3-5-7-10-14-17(13-9-6-4-2)18-15-11-8-12-16-18/h8,11-12,15,17H,3-7,9-10,13-14H2,1-2H3. The summed E-state index contributed by atoms with van der Waals surface area (Å²) < 4.78 is 0. The van der Waals surface area contributed by atoms with Crippen molar-refractivity contribution in [3.05, 3.63) is 35.9 Å². The summed E-state index contributed by atoms with van der Waals surface area (Å²) >= 11 is 0. The molecule has 0 aliphatic carbocycles. The Morgan fingerprint density at radius 2 is 1.56 bits per heavy atom. The van der Waals surface area contributed by atoms with E-state index in [1.54, 1.807) is 0 Å².